The largest absolute Gasteiger partial charge is 0.495 e. The normalized spacial score (nSPS) is 27.4. The van der Waals surface area contributed by atoms with Gasteiger partial charge >= 0.3 is 0 Å². The van der Waals surface area contributed by atoms with E-state index in [1.165, 1.54) is 0 Å². The molecule has 2 aromatic rings. The standard InChI is InChI=1S/C20H23ClO7/c1-26-15-7-6-11(9-13(15)21)8-12-4-2-3-5-14(12)27-20-19(25)18(24)17(23)16(10-22)28-20/h2-7,9,16-20,22-25H,8,10H2,1H3/t16-,17-,18+,19-,20-/m1/s1. The number of aliphatic hydroxyl groups excluding tert-OH is 4. The molecule has 8 heteroatoms. The average molecular weight is 411 g/mol. The summed E-state index contributed by atoms with van der Waals surface area (Å²) in [5, 5.41) is 39.8. The zero-order valence-corrected chi connectivity index (χ0v) is 16.0. The van der Waals surface area contributed by atoms with Gasteiger partial charge in [0.15, 0.2) is 0 Å². The first kappa shape index (κ1) is 20.9. The van der Waals surface area contributed by atoms with Crippen LogP contribution in [0.3, 0.4) is 0 Å². The number of hydrogen-bond acceptors (Lipinski definition) is 7. The summed E-state index contributed by atoms with van der Waals surface area (Å²) in [6.07, 6.45) is -6.18. The summed E-state index contributed by atoms with van der Waals surface area (Å²) in [5.41, 5.74) is 1.73. The zero-order valence-electron chi connectivity index (χ0n) is 15.2. The van der Waals surface area contributed by atoms with Gasteiger partial charge in [-0.05, 0) is 29.3 Å². The fourth-order valence-electron chi connectivity index (χ4n) is 3.09. The van der Waals surface area contributed by atoms with Crippen LogP contribution in [-0.4, -0.2) is 64.8 Å². The van der Waals surface area contributed by atoms with Crippen LogP contribution in [0.2, 0.25) is 5.02 Å². The molecule has 1 heterocycles. The highest BCUT2D eigenvalue weighted by molar-refractivity contribution is 6.32. The van der Waals surface area contributed by atoms with Gasteiger partial charge in [-0.1, -0.05) is 35.9 Å². The molecule has 4 N–H and O–H groups in total. The minimum Gasteiger partial charge on any atom is -0.495 e. The van der Waals surface area contributed by atoms with Crippen LogP contribution >= 0.6 is 11.6 Å². The van der Waals surface area contributed by atoms with E-state index >= 15 is 0 Å². The number of rotatable bonds is 6. The van der Waals surface area contributed by atoms with Crippen molar-refractivity contribution in [3.05, 3.63) is 58.6 Å². The summed E-state index contributed by atoms with van der Waals surface area (Å²) in [5.74, 6) is 1.02. The first-order valence-corrected chi connectivity index (χ1v) is 9.20. The molecule has 0 unspecified atom stereocenters. The molecule has 0 bridgehead atoms. The van der Waals surface area contributed by atoms with Crippen molar-refractivity contribution in [1.29, 1.82) is 0 Å². The van der Waals surface area contributed by atoms with Crippen molar-refractivity contribution in [2.45, 2.75) is 37.1 Å². The van der Waals surface area contributed by atoms with Gasteiger partial charge in [0.2, 0.25) is 6.29 Å². The third kappa shape index (κ3) is 4.41. The average Bonchev–Trinajstić information content (AvgIpc) is 2.70. The molecule has 0 radical (unpaired) electrons. The van der Waals surface area contributed by atoms with Crippen LogP contribution in [0.4, 0.5) is 0 Å². The zero-order chi connectivity index (χ0) is 20.3. The maximum absolute atomic E-state index is 10.2. The molecular weight excluding hydrogens is 388 g/mol. The van der Waals surface area contributed by atoms with Gasteiger partial charge in [-0.25, -0.2) is 0 Å². The third-order valence-corrected chi connectivity index (χ3v) is 4.97. The number of hydrogen-bond donors (Lipinski definition) is 4. The highest BCUT2D eigenvalue weighted by Gasteiger charge is 2.44. The summed E-state index contributed by atoms with van der Waals surface area (Å²) in [6.45, 7) is -0.517. The van der Waals surface area contributed by atoms with Gasteiger partial charge < -0.3 is 34.6 Å². The number of methoxy groups -OCH3 is 1. The Morgan fingerprint density at radius 1 is 1.00 bits per heavy atom. The van der Waals surface area contributed by atoms with Crippen LogP contribution in [0.25, 0.3) is 0 Å². The molecule has 28 heavy (non-hydrogen) atoms. The fourth-order valence-corrected chi connectivity index (χ4v) is 3.37. The topological polar surface area (TPSA) is 109 Å². The molecule has 0 amide bonds. The molecule has 1 saturated heterocycles. The highest BCUT2D eigenvalue weighted by Crippen LogP contribution is 2.30. The smallest absolute Gasteiger partial charge is 0.229 e. The molecule has 5 atom stereocenters. The molecule has 152 valence electrons. The van der Waals surface area contributed by atoms with Crippen molar-refractivity contribution >= 4 is 11.6 Å². The lowest BCUT2D eigenvalue weighted by molar-refractivity contribution is -0.277. The van der Waals surface area contributed by atoms with Crippen LogP contribution in [0, 0.1) is 0 Å². The number of para-hydroxylation sites is 1. The number of aliphatic hydroxyl groups is 4. The molecule has 1 fully saturated rings. The summed E-state index contributed by atoms with van der Waals surface area (Å²) in [4.78, 5) is 0. The number of benzene rings is 2. The monoisotopic (exact) mass is 410 g/mol. The van der Waals surface area contributed by atoms with E-state index in [0.717, 1.165) is 11.1 Å². The van der Waals surface area contributed by atoms with E-state index in [1.54, 1.807) is 31.4 Å². The van der Waals surface area contributed by atoms with Crippen LogP contribution in [0.15, 0.2) is 42.5 Å². The predicted molar refractivity (Wildman–Crippen MR) is 102 cm³/mol. The van der Waals surface area contributed by atoms with Gasteiger partial charge in [-0.15, -0.1) is 0 Å². The molecule has 0 aliphatic carbocycles. The first-order valence-electron chi connectivity index (χ1n) is 8.82. The Balaban J connectivity index is 1.79. The molecular formula is C20H23ClO7. The van der Waals surface area contributed by atoms with E-state index < -0.39 is 37.3 Å². The van der Waals surface area contributed by atoms with Crippen molar-refractivity contribution < 1.29 is 34.6 Å². The highest BCUT2D eigenvalue weighted by atomic mass is 35.5. The number of ether oxygens (including phenoxy) is 3. The third-order valence-electron chi connectivity index (χ3n) is 4.67. The predicted octanol–water partition coefficient (Wildman–Crippen LogP) is 1.12. The van der Waals surface area contributed by atoms with Gasteiger partial charge in [0.05, 0.1) is 18.7 Å². The summed E-state index contributed by atoms with van der Waals surface area (Å²) >= 11 is 6.19. The lowest BCUT2D eigenvalue weighted by Gasteiger charge is -2.39. The summed E-state index contributed by atoms with van der Waals surface area (Å²) in [7, 11) is 1.55. The van der Waals surface area contributed by atoms with Gasteiger partial charge in [-0.2, -0.15) is 0 Å². The van der Waals surface area contributed by atoms with E-state index in [2.05, 4.69) is 0 Å². The maximum atomic E-state index is 10.2. The molecule has 0 saturated carbocycles. The fraction of sp³-hybridized carbons (Fsp3) is 0.400. The molecule has 3 rings (SSSR count). The Bertz CT molecular complexity index is 798. The lowest BCUT2D eigenvalue weighted by atomic mass is 9.99. The van der Waals surface area contributed by atoms with E-state index in [4.69, 9.17) is 25.8 Å². The van der Waals surface area contributed by atoms with Gasteiger partial charge in [0, 0.05) is 6.42 Å². The molecule has 7 nitrogen and oxygen atoms in total. The van der Waals surface area contributed by atoms with Crippen molar-refractivity contribution in [1.82, 2.24) is 0 Å². The van der Waals surface area contributed by atoms with Crippen LogP contribution < -0.4 is 9.47 Å². The van der Waals surface area contributed by atoms with E-state index in [-0.39, 0.29) is 0 Å². The van der Waals surface area contributed by atoms with Crippen LogP contribution in [-0.2, 0) is 11.2 Å². The van der Waals surface area contributed by atoms with Gasteiger partial charge in [-0.3, -0.25) is 0 Å². The molecule has 2 aromatic carbocycles. The lowest BCUT2D eigenvalue weighted by Crippen LogP contribution is -2.60. The first-order chi connectivity index (χ1) is 13.4. The van der Waals surface area contributed by atoms with Crippen molar-refractivity contribution in [2.75, 3.05) is 13.7 Å². The molecule has 0 spiro atoms. The van der Waals surface area contributed by atoms with Crippen molar-refractivity contribution in [3.8, 4) is 11.5 Å². The second-order valence-corrected chi connectivity index (χ2v) is 6.98. The van der Waals surface area contributed by atoms with E-state index in [0.29, 0.717) is 22.9 Å². The molecule has 1 aliphatic rings. The minimum atomic E-state index is -1.50. The Hall–Kier alpha value is -1.87. The SMILES string of the molecule is COc1ccc(Cc2ccccc2O[C@@H]2O[C@H](CO)[C@@H](O)[C@H](O)[C@H]2O)cc1Cl. The van der Waals surface area contributed by atoms with E-state index in [9.17, 15) is 20.4 Å². The van der Waals surface area contributed by atoms with Gasteiger partial charge in [0.25, 0.3) is 0 Å². The Morgan fingerprint density at radius 3 is 2.43 bits per heavy atom. The summed E-state index contributed by atoms with van der Waals surface area (Å²) < 4.78 is 16.4. The second-order valence-electron chi connectivity index (χ2n) is 6.57. The number of halogens is 1. The Morgan fingerprint density at radius 2 is 1.75 bits per heavy atom. The van der Waals surface area contributed by atoms with E-state index in [1.807, 2.05) is 18.2 Å². The van der Waals surface area contributed by atoms with Gasteiger partial charge in [0.1, 0.15) is 35.9 Å². The van der Waals surface area contributed by atoms with Crippen LogP contribution in [0.5, 0.6) is 11.5 Å². The Labute approximate surface area is 167 Å². The summed E-state index contributed by atoms with van der Waals surface area (Å²) in [6, 6.07) is 12.6. The minimum absolute atomic E-state index is 0.443. The van der Waals surface area contributed by atoms with Crippen LogP contribution in [0.1, 0.15) is 11.1 Å². The van der Waals surface area contributed by atoms with Crippen molar-refractivity contribution in [2.24, 2.45) is 0 Å². The quantitative estimate of drug-likeness (QED) is 0.565. The van der Waals surface area contributed by atoms with Crippen molar-refractivity contribution in [3.63, 3.8) is 0 Å². The molecule has 1 aliphatic heterocycles. The Kier molecular flexibility index (Phi) is 6.77. The maximum Gasteiger partial charge on any atom is 0.229 e. The molecule has 0 aromatic heterocycles. The second kappa shape index (κ2) is 9.09.